The van der Waals surface area contributed by atoms with E-state index in [9.17, 15) is 0 Å². The SMILES string of the molecule is CCCCCCC(CCC)Cc1cccs1. The number of unbranched alkanes of at least 4 members (excludes halogenated alkanes) is 3. The summed E-state index contributed by atoms with van der Waals surface area (Å²) in [7, 11) is 0. The summed E-state index contributed by atoms with van der Waals surface area (Å²) < 4.78 is 0. The van der Waals surface area contributed by atoms with Crippen molar-refractivity contribution in [2.45, 2.75) is 65.2 Å². The Hall–Kier alpha value is -0.300. The van der Waals surface area contributed by atoms with Crippen LogP contribution in [-0.4, -0.2) is 0 Å². The van der Waals surface area contributed by atoms with Gasteiger partial charge < -0.3 is 0 Å². The van der Waals surface area contributed by atoms with Gasteiger partial charge in [0.2, 0.25) is 0 Å². The third-order valence-corrected chi connectivity index (χ3v) is 4.13. The number of hydrogen-bond donors (Lipinski definition) is 0. The highest BCUT2D eigenvalue weighted by molar-refractivity contribution is 7.09. The van der Waals surface area contributed by atoms with E-state index in [1.54, 1.807) is 4.88 Å². The average Bonchev–Trinajstić information content (AvgIpc) is 2.77. The normalized spacial score (nSPS) is 12.9. The van der Waals surface area contributed by atoms with Crippen LogP contribution in [0.25, 0.3) is 0 Å². The van der Waals surface area contributed by atoms with E-state index in [-0.39, 0.29) is 0 Å². The van der Waals surface area contributed by atoms with Crippen LogP contribution >= 0.6 is 11.3 Å². The third kappa shape index (κ3) is 5.69. The molecule has 0 aliphatic rings. The molecular formula is C15H26S. The Labute approximate surface area is 105 Å². The molecule has 92 valence electrons. The summed E-state index contributed by atoms with van der Waals surface area (Å²) in [5.41, 5.74) is 0. The summed E-state index contributed by atoms with van der Waals surface area (Å²) >= 11 is 1.92. The highest BCUT2D eigenvalue weighted by Crippen LogP contribution is 2.23. The lowest BCUT2D eigenvalue weighted by atomic mass is 9.92. The summed E-state index contributed by atoms with van der Waals surface area (Å²) in [5.74, 6) is 0.931. The van der Waals surface area contributed by atoms with E-state index < -0.39 is 0 Å². The van der Waals surface area contributed by atoms with Gasteiger partial charge in [-0.2, -0.15) is 0 Å². The van der Waals surface area contributed by atoms with Gasteiger partial charge in [0.1, 0.15) is 0 Å². The summed E-state index contributed by atoms with van der Waals surface area (Å²) in [5, 5.41) is 2.20. The third-order valence-electron chi connectivity index (χ3n) is 3.23. The molecule has 1 aromatic rings. The highest BCUT2D eigenvalue weighted by Gasteiger charge is 2.09. The Kier molecular flexibility index (Phi) is 7.58. The summed E-state index contributed by atoms with van der Waals surface area (Å²) in [6, 6.07) is 4.47. The molecule has 1 rings (SSSR count). The first kappa shape index (κ1) is 13.8. The van der Waals surface area contributed by atoms with Crippen LogP contribution in [0.4, 0.5) is 0 Å². The van der Waals surface area contributed by atoms with Gasteiger partial charge in [0, 0.05) is 4.88 Å². The topological polar surface area (TPSA) is 0 Å². The van der Waals surface area contributed by atoms with Crippen molar-refractivity contribution in [3.63, 3.8) is 0 Å². The molecule has 0 saturated carbocycles. The minimum atomic E-state index is 0.931. The standard InChI is InChI=1S/C15H26S/c1-3-5-6-7-10-14(9-4-2)13-15-11-8-12-16-15/h8,11-12,14H,3-7,9-10,13H2,1-2H3. The number of rotatable bonds is 9. The fourth-order valence-corrected chi connectivity index (χ4v) is 3.15. The minimum Gasteiger partial charge on any atom is -0.149 e. The van der Waals surface area contributed by atoms with Crippen LogP contribution in [0.5, 0.6) is 0 Å². The van der Waals surface area contributed by atoms with Gasteiger partial charge >= 0.3 is 0 Å². The molecule has 1 atom stereocenters. The molecule has 0 saturated heterocycles. The maximum atomic E-state index is 2.31. The van der Waals surface area contributed by atoms with E-state index in [1.165, 1.54) is 51.4 Å². The molecule has 0 amide bonds. The Balaban J connectivity index is 2.24. The summed E-state index contributed by atoms with van der Waals surface area (Å²) in [4.78, 5) is 1.58. The molecule has 1 aromatic heterocycles. The Morgan fingerprint density at radius 2 is 1.94 bits per heavy atom. The van der Waals surface area contributed by atoms with Gasteiger partial charge in [-0.15, -0.1) is 11.3 Å². The van der Waals surface area contributed by atoms with E-state index in [0.717, 1.165) is 5.92 Å². The lowest BCUT2D eigenvalue weighted by Gasteiger charge is -2.14. The first-order chi connectivity index (χ1) is 7.86. The van der Waals surface area contributed by atoms with Gasteiger partial charge in [-0.3, -0.25) is 0 Å². The summed E-state index contributed by atoms with van der Waals surface area (Å²) in [6.07, 6.45) is 11.1. The monoisotopic (exact) mass is 238 g/mol. The van der Waals surface area contributed by atoms with Crippen molar-refractivity contribution in [2.75, 3.05) is 0 Å². The Morgan fingerprint density at radius 1 is 1.06 bits per heavy atom. The van der Waals surface area contributed by atoms with Crippen LogP contribution in [0.15, 0.2) is 17.5 Å². The minimum absolute atomic E-state index is 0.931. The van der Waals surface area contributed by atoms with Gasteiger partial charge in [-0.1, -0.05) is 64.9 Å². The molecule has 0 fully saturated rings. The second-order valence-electron chi connectivity index (χ2n) is 4.79. The van der Waals surface area contributed by atoms with Crippen LogP contribution in [0, 0.1) is 5.92 Å². The molecule has 16 heavy (non-hydrogen) atoms. The molecule has 0 bridgehead atoms. The summed E-state index contributed by atoms with van der Waals surface area (Å²) in [6.45, 7) is 4.60. The molecule has 0 nitrogen and oxygen atoms in total. The fourth-order valence-electron chi connectivity index (χ4n) is 2.33. The largest absolute Gasteiger partial charge is 0.149 e. The molecular weight excluding hydrogens is 212 g/mol. The zero-order valence-electron chi connectivity index (χ0n) is 10.9. The Morgan fingerprint density at radius 3 is 2.56 bits per heavy atom. The molecule has 0 aromatic carbocycles. The molecule has 1 heterocycles. The van der Waals surface area contributed by atoms with E-state index in [0.29, 0.717) is 0 Å². The molecule has 0 radical (unpaired) electrons. The first-order valence-corrected chi connectivity index (χ1v) is 7.77. The van der Waals surface area contributed by atoms with Gasteiger partial charge in [0.05, 0.1) is 0 Å². The maximum Gasteiger partial charge on any atom is 0.00479 e. The van der Waals surface area contributed by atoms with E-state index >= 15 is 0 Å². The van der Waals surface area contributed by atoms with Gasteiger partial charge in [0.25, 0.3) is 0 Å². The predicted molar refractivity (Wildman–Crippen MR) is 75.2 cm³/mol. The van der Waals surface area contributed by atoms with Crippen molar-refractivity contribution in [1.82, 2.24) is 0 Å². The molecule has 0 spiro atoms. The quantitative estimate of drug-likeness (QED) is 0.486. The average molecular weight is 238 g/mol. The molecule has 1 heteroatoms. The van der Waals surface area contributed by atoms with Gasteiger partial charge in [-0.25, -0.2) is 0 Å². The van der Waals surface area contributed by atoms with Crippen LogP contribution in [-0.2, 0) is 6.42 Å². The molecule has 1 unspecified atom stereocenters. The van der Waals surface area contributed by atoms with Gasteiger partial charge in [0.15, 0.2) is 0 Å². The number of hydrogen-bond acceptors (Lipinski definition) is 1. The molecule has 0 N–H and O–H groups in total. The van der Waals surface area contributed by atoms with Crippen molar-refractivity contribution in [3.05, 3.63) is 22.4 Å². The molecule has 0 aliphatic carbocycles. The first-order valence-electron chi connectivity index (χ1n) is 6.89. The van der Waals surface area contributed by atoms with Crippen LogP contribution < -0.4 is 0 Å². The van der Waals surface area contributed by atoms with E-state index in [4.69, 9.17) is 0 Å². The zero-order valence-corrected chi connectivity index (χ0v) is 11.7. The second kappa shape index (κ2) is 8.81. The smallest absolute Gasteiger partial charge is 0.00479 e. The zero-order chi connectivity index (χ0) is 11.6. The van der Waals surface area contributed by atoms with Crippen LogP contribution in [0.3, 0.4) is 0 Å². The molecule has 0 aliphatic heterocycles. The van der Waals surface area contributed by atoms with Crippen molar-refractivity contribution in [1.29, 1.82) is 0 Å². The van der Waals surface area contributed by atoms with Gasteiger partial charge in [-0.05, 0) is 23.8 Å². The Bertz CT molecular complexity index is 238. The van der Waals surface area contributed by atoms with E-state index in [1.807, 2.05) is 11.3 Å². The van der Waals surface area contributed by atoms with Crippen molar-refractivity contribution in [3.8, 4) is 0 Å². The van der Waals surface area contributed by atoms with Crippen molar-refractivity contribution in [2.24, 2.45) is 5.92 Å². The highest BCUT2D eigenvalue weighted by atomic mass is 32.1. The van der Waals surface area contributed by atoms with Crippen LogP contribution in [0.2, 0.25) is 0 Å². The van der Waals surface area contributed by atoms with Crippen LogP contribution in [0.1, 0.15) is 63.7 Å². The predicted octanol–water partition coefficient (Wildman–Crippen LogP) is 5.68. The number of thiophene rings is 1. The lowest BCUT2D eigenvalue weighted by molar-refractivity contribution is 0.421. The maximum absolute atomic E-state index is 2.31. The van der Waals surface area contributed by atoms with E-state index in [2.05, 4.69) is 31.4 Å². The van der Waals surface area contributed by atoms with Crippen molar-refractivity contribution < 1.29 is 0 Å². The lowest BCUT2D eigenvalue weighted by Crippen LogP contribution is -2.03. The fraction of sp³-hybridized carbons (Fsp3) is 0.733. The van der Waals surface area contributed by atoms with Crippen molar-refractivity contribution >= 4 is 11.3 Å². The second-order valence-corrected chi connectivity index (χ2v) is 5.82.